The van der Waals surface area contributed by atoms with E-state index in [-0.39, 0.29) is 0 Å². The van der Waals surface area contributed by atoms with Crippen molar-refractivity contribution in [3.05, 3.63) is 71.7 Å². The summed E-state index contributed by atoms with van der Waals surface area (Å²) in [5.74, 6) is 0. The van der Waals surface area contributed by atoms with Crippen molar-refractivity contribution in [2.45, 2.75) is 26.4 Å². The fourth-order valence-corrected chi connectivity index (χ4v) is 3.05. The van der Waals surface area contributed by atoms with Crippen molar-refractivity contribution in [3.63, 3.8) is 0 Å². The molecular formula is C17H22N2OSi. The molecule has 0 saturated carbocycles. The molecular weight excluding hydrogens is 276 g/mol. The summed E-state index contributed by atoms with van der Waals surface area (Å²) >= 11 is 0. The lowest BCUT2D eigenvalue weighted by molar-refractivity contribution is 0.405. The van der Waals surface area contributed by atoms with Gasteiger partial charge in [-0.15, -0.1) is 0 Å². The Bertz CT molecular complexity index is 597. The average Bonchev–Trinajstić information content (AvgIpc) is 2.48. The largest absolute Gasteiger partial charge is 0.318 e. The van der Waals surface area contributed by atoms with Gasteiger partial charge in [0.2, 0.25) is 8.32 Å². The molecule has 2 aromatic rings. The Kier molecular flexibility index (Phi) is 5.30. The number of benzene rings is 1. The smallest absolute Gasteiger partial charge is 0.246 e. The van der Waals surface area contributed by atoms with E-state index in [9.17, 15) is 0 Å². The average molecular weight is 298 g/mol. The molecule has 110 valence electrons. The zero-order chi connectivity index (χ0) is 15.1. The van der Waals surface area contributed by atoms with Crippen LogP contribution in [-0.4, -0.2) is 13.3 Å². The van der Waals surface area contributed by atoms with E-state index < -0.39 is 8.32 Å². The molecule has 0 radical (unpaired) electrons. The second-order valence-corrected chi connectivity index (χ2v) is 9.29. The first-order valence-corrected chi connectivity index (χ1v) is 10.1. The summed E-state index contributed by atoms with van der Waals surface area (Å²) < 4.78 is 5.87. The first-order valence-electron chi connectivity index (χ1n) is 7.14. The molecule has 0 atom stereocenters. The fraction of sp³-hybridized carbons (Fsp3) is 0.235. The molecule has 1 aromatic heterocycles. The van der Waals surface area contributed by atoms with Crippen LogP contribution in [0.4, 0.5) is 5.69 Å². The highest BCUT2D eigenvalue weighted by Crippen LogP contribution is 2.12. The number of aryl methyl sites for hydroxylation is 1. The van der Waals surface area contributed by atoms with Gasteiger partial charge < -0.3 is 4.53 Å². The molecule has 2 rings (SSSR count). The van der Waals surface area contributed by atoms with Crippen molar-refractivity contribution in [1.82, 2.24) is 4.98 Å². The molecule has 1 aromatic carbocycles. The summed E-state index contributed by atoms with van der Waals surface area (Å²) in [6, 6.07) is 14.0. The van der Waals surface area contributed by atoms with Crippen LogP contribution in [0.5, 0.6) is 0 Å². The molecule has 1 N–H and O–H groups in total. The Morgan fingerprint density at radius 1 is 1.14 bits per heavy atom. The highest BCUT2D eigenvalue weighted by atomic mass is 28.4. The predicted octanol–water partition coefficient (Wildman–Crippen LogP) is 4.28. The van der Waals surface area contributed by atoms with E-state index in [4.69, 9.17) is 4.53 Å². The monoisotopic (exact) mass is 298 g/mol. The second-order valence-electron chi connectivity index (χ2n) is 5.55. The summed E-state index contributed by atoms with van der Waals surface area (Å²) in [7, 11) is -1.88. The van der Waals surface area contributed by atoms with Gasteiger partial charge >= 0.3 is 0 Å². The Balaban J connectivity index is 1.88. The van der Waals surface area contributed by atoms with Crippen molar-refractivity contribution < 1.29 is 4.53 Å². The van der Waals surface area contributed by atoms with Gasteiger partial charge in [0.1, 0.15) is 0 Å². The van der Waals surface area contributed by atoms with Gasteiger partial charge in [-0.1, -0.05) is 36.0 Å². The molecule has 0 aliphatic carbocycles. The van der Waals surface area contributed by atoms with Crippen LogP contribution < -0.4 is 5.48 Å². The summed E-state index contributed by atoms with van der Waals surface area (Å²) in [4.78, 5) is 4.40. The Morgan fingerprint density at radius 3 is 2.62 bits per heavy atom. The Hall–Kier alpha value is -1.91. The normalized spacial score (nSPS) is 11.8. The molecule has 4 heteroatoms. The van der Waals surface area contributed by atoms with Crippen molar-refractivity contribution in [2.75, 3.05) is 5.48 Å². The number of nitrogens with zero attached hydrogens (tertiary/aromatic N) is 1. The standard InChI is InChI=1S/C17H22N2OSi/c1-15-9-7-13-18-17(15)12-8-14-21(2,3)20-19-16-10-5-4-6-11-16/h4-11,13-14,19H,12H2,1-3H3/b14-8+. The van der Waals surface area contributed by atoms with Crippen molar-refractivity contribution in [3.8, 4) is 0 Å². The second kappa shape index (κ2) is 7.20. The quantitative estimate of drug-likeness (QED) is 0.638. The number of para-hydroxylation sites is 1. The van der Waals surface area contributed by atoms with Crippen LogP contribution in [0.1, 0.15) is 11.3 Å². The van der Waals surface area contributed by atoms with Gasteiger partial charge in [0.25, 0.3) is 0 Å². The maximum absolute atomic E-state index is 5.87. The van der Waals surface area contributed by atoms with Gasteiger partial charge in [-0.25, -0.2) is 0 Å². The Morgan fingerprint density at radius 2 is 1.90 bits per heavy atom. The highest BCUT2D eigenvalue weighted by Gasteiger charge is 2.19. The van der Waals surface area contributed by atoms with Crippen molar-refractivity contribution in [2.24, 2.45) is 0 Å². The number of anilines is 1. The lowest BCUT2D eigenvalue weighted by Gasteiger charge is -2.19. The molecule has 0 spiro atoms. The molecule has 0 unspecified atom stereocenters. The third-order valence-corrected chi connectivity index (χ3v) is 4.82. The van der Waals surface area contributed by atoms with Crippen LogP contribution in [0, 0.1) is 6.92 Å². The van der Waals surface area contributed by atoms with Gasteiger partial charge in [-0.05, 0) is 43.8 Å². The molecule has 0 aliphatic rings. The minimum atomic E-state index is -1.88. The molecule has 0 fully saturated rings. The fourth-order valence-electron chi connectivity index (χ4n) is 1.92. The van der Waals surface area contributed by atoms with Gasteiger partial charge in [0, 0.05) is 18.3 Å². The van der Waals surface area contributed by atoms with Crippen LogP contribution in [0.2, 0.25) is 13.1 Å². The molecule has 0 saturated heterocycles. The number of aromatic nitrogens is 1. The van der Waals surface area contributed by atoms with Crippen LogP contribution in [0.25, 0.3) is 0 Å². The number of rotatable bonds is 6. The van der Waals surface area contributed by atoms with Crippen molar-refractivity contribution >= 4 is 14.0 Å². The first-order chi connectivity index (χ1) is 10.1. The minimum Gasteiger partial charge on any atom is -0.318 e. The van der Waals surface area contributed by atoms with Gasteiger partial charge in [0.15, 0.2) is 0 Å². The van der Waals surface area contributed by atoms with E-state index in [1.165, 1.54) is 5.56 Å². The third kappa shape index (κ3) is 5.17. The number of hydrogen-bond donors (Lipinski definition) is 1. The van der Waals surface area contributed by atoms with Crippen LogP contribution in [0.15, 0.2) is 60.4 Å². The van der Waals surface area contributed by atoms with Gasteiger partial charge in [-0.2, -0.15) is 0 Å². The highest BCUT2D eigenvalue weighted by molar-refractivity contribution is 6.76. The van der Waals surface area contributed by atoms with Crippen molar-refractivity contribution in [1.29, 1.82) is 0 Å². The summed E-state index contributed by atoms with van der Waals surface area (Å²) in [6.07, 6.45) is 4.85. The zero-order valence-corrected chi connectivity index (χ0v) is 13.8. The molecule has 0 amide bonds. The third-order valence-electron chi connectivity index (χ3n) is 3.15. The number of allylic oxidation sites excluding steroid dienone is 1. The Labute approximate surface area is 127 Å². The molecule has 1 heterocycles. The van der Waals surface area contributed by atoms with E-state index in [1.54, 1.807) is 0 Å². The summed E-state index contributed by atoms with van der Waals surface area (Å²) in [5.41, 5.74) is 8.56. The SMILES string of the molecule is Cc1cccnc1C/C=C/[Si](C)(C)ONc1ccccc1. The van der Waals surface area contributed by atoms with Crippen LogP contribution in [0.3, 0.4) is 0 Å². The van der Waals surface area contributed by atoms with E-state index in [0.29, 0.717) is 0 Å². The van der Waals surface area contributed by atoms with Gasteiger partial charge in [0.05, 0.1) is 5.69 Å². The molecule has 3 nitrogen and oxygen atoms in total. The van der Waals surface area contributed by atoms with E-state index in [2.05, 4.69) is 48.3 Å². The first kappa shape index (κ1) is 15.5. The maximum atomic E-state index is 5.87. The maximum Gasteiger partial charge on any atom is 0.246 e. The zero-order valence-electron chi connectivity index (χ0n) is 12.8. The summed E-state index contributed by atoms with van der Waals surface area (Å²) in [5, 5.41) is 0. The number of pyridine rings is 1. The molecule has 0 bridgehead atoms. The van der Waals surface area contributed by atoms with Crippen LogP contribution in [-0.2, 0) is 10.9 Å². The van der Waals surface area contributed by atoms with E-state index in [1.807, 2.05) is 42.6 Å². The predicted molar refractivity (Wildman–Crippen MR) is 90.4 cm³/mol. The number of nitrogens with one attached hydrogen (secondary N) is 1. The minimum absolute atomic E-state index is 0.845. The van der Waals surface area contributed by atoms with E-state index >= 15 is 0 Å². The topological polar surface area (TPSA) is 34.1 Å². The number of hydrogen-bond acceptors (Lipinski definition) is 3. The van der Waals surface area contributed by atoms with Gasteiger partial charge in [-0.3, -0.25) is 10.5 Å². The molecule has 0 aliphatic heterocycles. The lowest BCUT2D eigenvalue weighted by atomic mass is 10.2. The van der Waals surface area contributed by atoms with E-state index in [0.717, 1.165) is 17.8 Å². The molecule has 21 heavy (non-hydrogen) atoms. The van der Waals surface area contributed by atoms with Crippen LogP contribution >= 0.6 is 0 Å². The summed E-state index contributed by atoms with van der Waals surface area (Å²) in [6.45, 7) is 6.40. The lowest BCUT2D eigenvalue weighted by Crippen LogP contribution is -2.30.